The Balaban J connectivity index is 2.99. The van der Waals surface area contributed by atoms with E-state index in [4.69, 9.17) is 28.9 Å². The lowest BCUT2D eigenvalue weighted by molar-refractivity contribution is 0.0244. The third kappa shape index (κ3) is 2.59. The maximum atomic E-state index is 9.62. The molecule has 0 saturated heterocycles. The summed E-state index contributed by atoms with van der Waals surface area (Å²) in [6.45, 7) is -0.0377. The van der Waals surface area contributed by atoms with Crippen LogP contribution in [0, 0.1) is 0 Å². The Hall–Kier alpha value is -0.320. The number of aliphatic hydroxyl groups excluding tert-OH is 2. The summed E-state index contributed by atoms with van der Waals surface area (Å²) in [5.74, 6) is 0. The maximum Gasteiger partial charge on any atom is 0.108 e. The van der Waals surface area contributed by atoms with Crippen LogP contribution in [-0.2, 0) is 0 Å². The molecule has 0 aliphatic heterocycles. The van der Waals surface area contributed by atoms with E-state index in [-0.39, 0.29) is 6.54 Å². The fraction of sp³-hybridized carbons (Fsp3) is 0.333. The van der Waals surface area contributed by atoms with Crippen molar-refractivity contribution in [1.29, 1.82) is 0 Å². The van der Waals surface area contributed by atoms with Gasteiger partial charge in [-0.15, -0.1) is 0 Å². The lowest BCUT2D eigenvalue weighted by Crippen LogP contribution is -2.27. The van der Waals surface area contributed by atoms with E-state index in [0.29, 0.717) is 15.6 Å². The monoisotopic (exact) mass is 235 g/mol. The number of benzene rings is 1. The fourth-order valence-electron chi connectivity index (χ4n) is 1.08. The SMILES string of the molecule is NCC(O)C(O)c1cc(Cl)ccc1Cl. The average Bonchev–Trinajstić information content (AvgIpc) is 2.19. The van der Waals surface area contributed by atoms with Gasteiger partial charge in [0, 0.05) is 22.2 Å². The number of hydrogen-bond acceptors (Lipinski definition) is 3. The zero-order chi connectivity index (χ0) is 10.7. The lowest BCUT2D eigenvalue weighted by Gasteiger charge is -2.17. The van der Waals surface area contributed by atoms with Crippen molar-refractivity contribution in [2.45, 2.75) is 12.2 Å². The highest BCUT2D eigenvalue weighted by molar-refractivity contribution is 6.33. The van der Waals surface area contributed by atoms with E-state index in [1.165, 1.54) is 6.07 Å². The summed E-state index contributed by atoms with van der Waals surface area (Å²) in [4.78, 5) is 0. The van der Waals surface area contributed by atoms with E-state index in [1.54, 1.807) is 12.1 Å². The van der Waals surface area contributed by atoms with Crippen molar-refractivity contribution in [3.05, 3.63) is 33.8 Å². The molecule has 78 valence electrons. The van der Waals surface area contributed by atoms with Gasteiger partial charge in [0.2, 0.25) is 0 Å². The van der Waals surface area contributed by atoms with Gasteiger partial charge in [0.15, 0.2) is 0 Å². The third-order valence-electron chi connectivity index (χ3n) is 1.88. The van der Waals surface area contributed by atoms with E-state index in [9.17, 15) is 10.2 Å². The quantitative estimate of drug-likeness (QED) is 0.742. The standard InChI is InChI=1S/C9H11Cl2NO2/c10-5-1-2-7(11)6(3-5)9(14)8(13)4-12/h1-3,8-9,13-14H,4,12H2. The summed E-state index contributed by atoms with van der Waals surface area (Å²) in [7, 11) is 0. The van der Waals surface area contributed by atoms with E-state index in [1.807, 2.05) is 0 Å². The summed E-state index contributed by atoms with van der Waals surface area (Å²) >= 11 is 11.5. The Morgan fingerprint density at radius 2 is 1.93 bits per heavy atom. The molecule has 0 aliphatic carbocycles. The zero-order valence-corrected chi connectivity index (χ0v) is 8.83. The molecule has 2 atom stereocenters. The molecule has 0 aromatic heterocycles. The first kappa shape index (κ1) is 11.8. The highest BCUT2D eigenvalue weighted by atomic mass is 35.5. The van der Waals surface area contributed by atoms with Crippen LogP contribution in [0.15, 0.2) is 18.2 Å². The summed E-state index contributed by atoms with van der Waals surface area (Å²) in [5, 5.41) is 19.7. The highest BCUT2D eigenvalue weighted by Gasteiger charge is 2.19. The van der Waals surface area contributed by atoms with Crippen molar-refractivity contribution in [3.63, 3.8) is 0 Å². The maximum absolute atomic E-state index is 9.62. The minimum Gasteiger partial charge on any atom is -0.389 e. The fourth-order valence-corrected chi connectivity index (χ4v) is 1.49. The van der Waals surface area contributed by atoms with E-state index in [2.05, 4.69) is 0 Å². The molecule has 3 nitrogen and oxygen atoms in total. The van der Waals surface area contributed by atoms with Gasteiger partial charge < -0.3 is 15.9 Å². The topological polar surface area (TPSA) is 66.5 Å². The predicted molar refractivity (Wildman–Crippen MR) is 56.5 cm³/mol. The van der Waals surface area contributed by atoms with Gasteiger partial charge in [-0.3, -0.25) is 0 Å². The first-order valence-electron chi connectivity index (χ1n) is 4.07. The molecular weight excluding hydrogens is 225 g/mol. The second-order valence-corrected chi connectivity index (χ2v) is 3.76. The molecule has 0 fully saturated rings. The molecule has 14 heavy (non-hydrogen) atoms. The van der Waals surface area contributed by atoms with Crippen molar-refractivity contribution < 1.29 is 10.2 Å². The first-order valence-corrected chi connectivity index (χ1v) is 4.83. The average molecular weight is 236 g/mol. The van der Waals surface area contributed by atoms with Crippen LogP contribution < -0.4 is 5.73 Å². The number of hydrogen-bond donors (Lipinski definition) is 3. The molecule has 5 heteroatoms. The van der Waals surface area contributed by atoms with Gasteiger partial charge in [-0.25, -0.2) is 0 Å². The van der Waals surface area contributed by atoms with Gasteiger partial charge in [0.25, 0.3) is 0 Å². The van der Waals surface area contributed by atoms with Crippen LogP contribution in [0.3, 0.4) is 0 Å². The Labute approximate surface area is 92.1 Å². The van der Waals surface area contributed by atoms with Crippen molar-refractivity contribution in [2.24, 2.45) is 5.73 Å². The molecule has 0 saturated carbocycles. The molecule has 0 aliphatic rings. The van der Waals surface area contributed by atoms with E-state index >= 15 is 0 Å². The number of rotatable bonds is 3. The van der Waals surface area contributed by atoms with Gasteiger partial charge in [0.05, 0.1) is 6.10 Å². The van der Waals surface area contributed by atoms with Crippen LogP contribution in [-0.4, -0.2) is 22.9 Å². The van der Waals surface area contributed by atoms with Gasteiger partial charge in [-0.2, -0.15) is 0 Å². The Morgan fingerprint density at radius 3 is 2.50 bits per heavy atom. The largest absolute Gasteiger partial charge is 0.389 e. The highest BCUT2D eigenvalue weighted by Crippen LogP contribution is 2.27. The molecule has 2 unspecified atom stereocenters. The Bertz CT molecular complexity index is 320. The third-order valence-corrected chi connectivity index (χ3v) is 2.46. The lowest BCUT2D eigenvalue weighted by atomic mass is 10.0. The molecule has 0 heterocycles. The Kier molecular flexibility index (Phi) is 4.16. The smallest absolute Gasteiger partial charge is 0.108 e. The molecule has 0 bridgehead atoms. The predicted octanol–water partition coefficient (Wildman–Crippen LogP) is 1.35. The van der Waals surface area contributed by atoms with Gasteiger partial charge in [-0.1, -0.05) is 23.2 Å². The van der Waals surface area contributed by atoms with Crippen molar-refractivity contribution in [2.75, 3.05) is 6.54 Å². The van der Waals surface area contributed by atoms with Crippen molar-refractivity contribution in [3.8, 4) is 0 Å². The molecule has 4 N–H and O–H groups in total. The molecule has 1 aromatic rings. The molecule has 0 radical (unpaired) electrons. The first-order chi connectivity index (χ1) is 6.56. The van der Waals surface area contributed by atoms with Gasteiger partial charge >= 0.3 is 0 Å². The molecule has 1 aromatic carbocycles. The molecule has 0 spiro atoms. The second-order valence-electron chi connectivity index (χ2n) is 2.91. The Morgan fingerprint density at radius 1 is 1.29 bits per heavy atom. The molecular formula is C9H11Cl2NO2. The summed E-state index contributed by atoms with van der Waals surface area (Å²) in [5.41, 5.74) is 5.60. The number of nitrogens with two attached hydrogens (primary N) is 1. The van der Waals surface area contributed by atoms with Gasteiger partial charge in [0.1, 0.15) is 6.10 Å². The normalized spacial score (nSPS) is 15.2. The van der Waals surface area contributed by atoms with E-state index in [0.717, 1.165) is 0 Å². The van der Waals surface area contributed by atoms with Crippen LogP contribution in [0.1, 0.15) is 11.7 Å². The van der Waals surface area contributed by atoms with Crippen molar-refractivity contribution in [1.82, 2.24) is 0 Å². The summed E-state index contributed by atoms with van der Waals surface area (Å²) in [6.07, 6.45) is -2.14. The molecule has 0 amide bonds. The summed E-state index contributed by atoms with van der Waals surface area (Å²) < 4.78 is 0. The van der Waals surface area contributed by atoms with Crippen LogP contribution in [0.5, 0.6) is 0 Å². The minimum atomic E-state index is -1.11. The number of halogens is 2. The molecule has 1 rings (SSSR count). The van der Waals surface area contributed by atoms with Crippen LogP contribution in [0.25, 0.3) is 0 Å². The number of aliphatic hydroxyl groups is 2. The zero-order valence-electron chi connectivity index (χ0n) is 7.32. The minimum absolute atomic E-state index is 0.0377. The van der Waals surface area contributed by atoms with Crippen molar-refractivity contribution >= 4 is 23.2 Å². The van der Waals surface area contributed by atoms with Crippen LogP contribution >= 0.6 is 23.2 Å². The summed E-state index contributed by atoms with van der Waals surface area (Å²) in [6, 6.07) is 4.67. The van der Waals surface area contributed by atoms with Crippen LogP contribution in [0.2, 0.25) is 10.0 Å². The second kappa shape index (κ2) is 4.96. The van der Waals surface area contributed by atoms with Crippen LogP contribution in [0.4, 0.5) is 0 Å². The van der Waals surface area contributed by atoms with E-state index < -0.39 is 12.2 Å². The van der Waals surface area contributed by atoms with Gasteiger partial charge in [-0.05, 0) is 18.2 Å².